The van der Waals surface area contributed by atoms with Crippen LogP contribution < -0.4 is 10.1 Å². The van der Waals surface area contributed by atoms with E-state index in [2.05, 4.69) is 21.2 Å². The molecule has 1 aromatic carbocycles. The maximum Gasteiger partial charge on any atom is 0.237 e. The van der Waals surface area contributed by atoms with Gasteiger partial charge in [-0.25, -0.2) is 0 Å². The van der Waals surface area contributed by atoms with Gasteiger partial charge in [-0.3, -0.25) is 9.69 Å². The number of amides is 1. The molecular formula is C21H31N3O3. The van der Waals surface area contributed by atoms with E-state index >= 15 is 0 Å². The van der Waals surface area contributed by atoms with Crippen LogP contribution in [0.3, 0.4) is 0 Å². The average molecular weight is 373 g/mol. The lowest BCUT2D eigenvalue weighted by Crippen LogP contribution is -2.58. The summed E-state index contributed by atoms with van der Waals surface area (Å²) in [5, 5.41) is 3.47. The maximum absolute atomic E-state index is 13.2. The van der Waals surface area contributed by atoms with E-state index in [-0.39, 0.29) is 24.1 Å². The van der Waals surface area contributed by atoms with Crippen molar-refractivity contribution in [2.75, 3.05) is 46.4 Å². The molecule has 3 fully saturated rings. The van der Waals surface area contributed by atoms with Crippen molar-refractivity contribution in [1.82, 2.24) is 15.1 Å². The van der Waals surface area contributed by atoms with Crippen LogP contribution in [0, 0.1) is 0 Å². The smallest absolute Gasteiger partial charge is 0.237 e. The Morgan fingerprint density at radius 2 is 2.11 bits per heavy atom. The van der Waals surface area contributed by atoms with Gasteiger partial charge < -0.3 is 19.7 Å². The molecule has 3 unspecified atom stereocenters. The van der Waals surface area contributed by atoms with E-state index in [4.69, 9.17) is 9.47 Å². The highest BCUT2D eigenvalue weighted by Crippen LogP contribution is 2.31. The van der Waals surface area contributed by atoms with E-state index in [1.807, 2.05) is 18.2 Å². The van der Waals surface area contributed by atoms with Gasteiger partial charge in [0.05, 0.1) is 38.4 Å². The van der Waals surface area contributed by atoms with Crippen molar-refractivity contribution >= 4 is 5.91 Å². The Morgan fingerprint density at radius 1 is 1.26 bits per heavy atom. The second-order valence-electron chi connectivity index (χ2n) is 7.78. The first-order valence-corrected chi connectivity index (χ1v) is 10.3. The summed E-state index contributed by atoms with van der Waals surface area (Å²) in [6.45, 7) is 4.48. The summed E-state index contributed by atoms with van der Waals surface area (Å²) in [4.78, 5) is 17.6. The molecule has 1 aromatic rings. The standard InChI is InChI=1S/C21H31N3O3/c1-26-19-8-4-2-6-16(19)18-14-22-10-11-23(18)15-21(25)24-12-13-27-20-9-5-3-7-17(20)24/h2,4,6,8,17-18,20,22H,3,5,7,9-15H2,1H3. The summed E-state index contributed by atoms with van der Waals surface area (Å²) in [6, 6.07) is 8.57. The predicted molar refractivity (Wildman–Crippen MR) is 104 cm³/mol. The summed E-state index contributed by atoms with van der Waals surface area (Å²) in [6.07, 6.45) is 4.83. The zero-order valence-corrected chi connectivity index (χ0v) is 16.2. The van der Waals surface area contributed by atoms with Gasteiger partial charge in [-0.1, -0.05) is 31.0 Å². The van der Waals surface area contributed by atoms with Gasteiger partial charge >= 0.3 is 0 Å². The zero-order valence-electron chi connectivity index (χ0n) is 16.2. The highest BCUT2D eigenvalue weighted by molar-refractivity contribution is 5.79. The lowest BCUT2D eigenvalue weighted by molar-refractivity contribution is -0.151. The van der Waals surface area contributed by atoms with Crippen LogP contribution in [0.4, 0.5) is 0 Å². The van der Waals surface area contributed by atoms with Gasteiger partial charge in [-0.15, -0.1) is 0 Å². The van der Waals surface area contributed by atoms with E-state index in [0.29, 0.717) is 13.2 Å². The summed E-state index contributed by atoms with van der Waals surface area (Å²) in [5.74, 6) is 1.14. The van der Waals surface area contributed by atoms with Crippen LogP contribution in [0.25, 0.3) is 0 Å². The van der Waals surface area contributed by atoms with Crippen molar-refractivity contribution in [3.05, 3.63) is 29.8 Å². The van der Waals surface area contributed by atoms with Crippen molar-refractivity contribution in [3.63, 3.8) is 0 Å². The minimum absolute atomic E-state index is 0.155. The highest BCUT2D eigenvalue weighted by atomic mass is 16.5. The van der Waals surface area contributed by atoms with E-state index in [9.17, 15) is 4.79 Å². The number of carbonyl (C=O) groups excluding carboxylic acids is 1. The normalized spacial score (nSPS) is 29.2. The molecule has 6 heteroatoms. The monoisotopic (exact) mass is 373 g/mol. The van der Waals surface area contributed by atoms with Crippen molar-refractivity contribution in [1.29, 1.82) is 0 Å². The summed E-state index contributed by atoms with van der Waals surface area (Å²) in [5.41, 5.74) is 1.15. The van der Waals surface area contributed by atoms with Crippen LogP contribution in [0.5, 0.6) is 5.75 Å². The summed E-state index contributed by atoms with van der Waals surface area (Å²) >= 11 is 0. The quantitative estimate of drug-likeness (QED) is 0.872. The molecule has 6 nitrogen and oxygen atoms in total. The number of rotatable bonds is 4. The Balaban J connectivity index is 1.48. The number of hydrogen-bond acceptors (Lipinski definition) is 5. The molecule has 1 N–H and O–H groups in total. The fourth-order valence-corrected chi connectivity index (χ4v) is 4.85. The van der Waals surface area contributed by atoms with Crippen LogP contribution in [0.1, 0.15) is 37.3 Å². The second-order valence-corrected chi connectivity index (χ2v) is 7.78. The van der Waals surface area contributed by atoms with Crippen molar-refractivity contribution in [2.24, 2.45) is 0 Å². The van der Waals surface area contributed by atoms with E-state index in [1.54, 1.807) is 7.11 Å². The van der Waals surface area contributed by atoms with Gasteiger partial charge in [0.15, 0.2) is 0 Å². The molecule has 0 radical (unpaired) electrons. The third-order valence-corrected chi connectivity index (χ3v) is 6.24. The lowest BCUT2D eigenvalue weighted by atomic mass is 9.90. The number of piperazine rings is 1. The molecule has 0 spiro atoms. The number of hydrogen-bond donors (Lipinski definition) is 1. The lowest BCUT2D eigenvalue weighted by Gasteiger charge is -2.45. The number of benzene rings is 1. The number of fused-ring (bicyclic) bond motifs is 1. The molecule has 1 amide bonds. The first kappa shape index (κ1) is 18.7. The molecule has 27 heavy (non-hydrogen) atoms. The molecular weight excluding hydrogens is 342 g/mol. The number of morpholine rings is 1. The van der Waals surface area contributed by atoms with Gasteiger partial charge in [0.1, 0.15) is 5.75 Å². The molecule has 3 aliphatic rings. The molecule has 3 atom stereocenters. The predicted octanol–water partition coefficient (Wildman–Crippen LogP) is 1.81. The topological polar surface area (TPSA) is 54.0 Å². The SMILES string of the molecule is COc1ccccc1C1CNCCN1CC(=O)N1CCOC2CCCCC21. The Morgan fingerprint density at radius 3 is 3.00 bits per heavy atom. The third-order valence-electron chi connectivity index (χ3n) is 6.24. The van der Waals surface area contributed by atoms with Crippen LogP contribution in [-0.2, 0) is 9.53 Å². The number of carbonyl (C=O) groups is 1. The molecule has 2 saturated heterocycles. The molecule has 0 bridgehead atoms. The molecule has 2 heterocycles. The molecule has 1 saturated carbocycles. The van der Waals surface area contributed by atoms with E-state index in [0.717, 1.165) is 50.3 Å². The molecule has 0 aromatic heterocycles. The van der Waals surface area contributed by atoms with Crippen LogP contribution in [0.15, 0.2) is 24.3 Å². The Bertz CT molecular complexity index is 651. The van der Waals surface area contributed by atoms with Crippen molar-refractivity contribution in [3.8, 4) is 5.75 Å². The number of nitrogens with zero attached hydrogens (tertiary/aromatic N) is 2. The fraction of sp³-hybridized carbons (Fsp3) is 0.667. The van der Waals surface area contributed by atoms with Gasteiger partial charge in [0.2, 0.25) is 5.91 Å². The third kappa shape index (κ3) is 3.98. The number of nitrogens with one attached hydrogen (secondary N) is 1. The number of methoxy groups -OCH3 is 1. The van der Waals surface area contributed by atoms with Gasteiger partial charge in [0, 0.05) is 31.7 Å². The highest BCUT2D eigenvalue weighted by Gasteiger charge is 2.38. The van der Waals surface area contributed by atoms with Gasteiger partial charge in [-0.2, -0.15) is 0 Å². The van der Waals surface area contributed by atoms with Crippen molar-refractivity contribution < 1.29 is 14.3 Å². The first-order valence-electron chi connectivity index (χ1n) is 10.3. The molecule has 4 rings (SSSR count). The molecule has 1 aliphatic carbocycles. The van der Waals surface area contributed by atoms with E-state index in [1.165, 1.54) is 12.8 Å². The van der Waals surface area contributed by atoms with Crippen molar-refractivity contribution in [2.45, 2.75) is 43.9 Å². The largest absolute Gasteiger partial charge is 0.496 e. The van der Waals surface area contributed by atoms with Gasteiger partial charge in [-0.05, 0) is 18.9 Å². The minimum Gasteiger partial charge on any atom is -0.496 e. The van der Waals surface area contributed by atoms with Crippen LogP contribution in [-0.4, -0.2) is 74.3 Å². The first-order chi connectivity index (χ1) is 13.3. The Hall–Kier alpha value is -1.63. The zero-order chi connectivity index (χ0) is 18.6. The summed E-state index contributed by atoms with van der Waals surface area (Å²) in [7, 11) is 1.71. The minimum atomic E-state index is 0.155. The number of ether oxygens (including phenoxy) is 2. The summed E-state index contributed by atoms with van der Waals surface area (Å²) < 4.78 is 11.5. The Kier molecular flexibility index (Phi) is 5.95. The van der Waals surface area contributed by atoms with Gasteiger partial charge in [0.25, 0.3) is 0 Å². The molecule has 2 aliphatic heterocycles. The Labute approximate surface area is 161 Å². The second kappa shape index (κ2) is 8.59. The van der Waals surface area contributed by atoms with Crippen LogP contribution >= 0.6 is 0 Å². The maximum atomic E-state index is 13.2. The van der Waals surface area contributed by atoms with Crippen LogP contribution in [0.2, 0.25) is 0 Å². The fourth-order valence-electron chi connectivity index (χ4n) is 4.85. The van der Waals surface area contributed by atoms with E-state index < -0.39 is 0 Å². The number of para-hydroxylation sites is 1. The average Bonchev–Trinajstić information content (AvgIpc) is 2.73. The molecule has 148 valence electrons.